The van der Waals surface area contributed by atoms with Crippen LogP contribution >= 0.6 is 0 Å². The molecule has 5 atom stereocenters. The molecular weight excluding hydrogens is 456 g/mol. The first-order valence-corrected chi connectivity index (χ1v) is 12.0. The van der Waals surface area contributed by atoms with Crippen molar-refractivity contribution in [3.63, 3.8) is 0 Å². The van der Waals surface area contributed by atoms with E-state index in [4.69, 9.17) is 4.74 Å². The van der Waals surface area contributed by atoms with Gasteiger partial charge in [0.25, 0.3) is 0 Å². The molecule has 188 valence electrons. The van der Waals surface area contributed by atoms with E-state index in [9.17, 15) is 25.2 Å². The number of benzene rings is 3. The van der Waals surface area contributed by atoms with Crippen molar-refractivity contribution < 1.29 is 30.0 Å². The quantitative estimate of drug-likeness (QED) is 0.387. The number of aliphatic hydroxyl groups is 4. The Morgan fingerprint density at radius 3 is 1.92 bits per heavy atom. The maximum atomic E-state index is 13.5. The Bertz CT molecular complexity index is 1230. The first-order chi connectivity index (χ1) is 17.1. The number of carbonyl (C=O) groups is 1. The third-order valence-electron chi connectivity index (χ3n) is 6.68. The molecule has 1 fully saturated rings. The van der Waals surface area contributed by atoms with Crippen LogP contribution in [0.2, 0.25) is 0 Å². The maximum absolute atomic E-state index is 13.5. The van der Waals surface area contributed by atoms with Gasteiger partial charge in [-0.2, -0.15) is 0 Å². The third-order valence-corrected chi connectivity index (χ3v) is 6.68. The lowest BCUT2D eigenvalue weighted by Gasteiger charge is -2.47. The van der Waals surface area contributed by atoms with Crippen LogP contribution in [0.4, 0.5) is 0 Å². The molecule has 36 heavy (non-hydrogen) atoms. The largest absolute Gasteiger partial charge is 0.482 e. The fourth-order valence-electron chi connectivity index (χ4n) is 4.31. The molecule has 3 aromatic carbocycles. The highest BCUT2D eigenvalue weighted by molar-refractivity contribution is 5.97. The van der Waals surface area contributed by atoms with Gasteiger partial charge in [-0.25, -0.2) is 0 Å². The molecule has 0 amide bonds. The highest BCUT2D eigenvalue weighted by Gasteiger charge is 2.61. The average Bonchev–Trinajstić information content (AvgIpc) is 2.87. The summed E-state index contributed by atoms with van der Waals surface area (Å²) < 4.78 is 5.87. The fraction of sp³-hybridized carbons (Fsp3) is 0.300. The molecule has 6 heteroatoms. The van der Waals surface area contributed by atoms with E-state index >= 15 is 0 Å². The van der Waals surface area contributed by atoms with Crippen LogP contribution in [0.1, 0.15) is 39.5 Å². The van der Waals surface area contributed by atoms with Gasteiger partial charge in [0.2, 0.25) is 11.4 Å². The minimum absolute atomic E-state index is 0.0267. The number of hydrogen-bond donors (Lipinski definition) is 4. The predicted octanol–water partition coefficient (Wildman–Crippen LogP) is 3.35. The molecule has 0 radical (unpaired) electrons. The van der Waals surface area contributed by atoms with E-state index < -0.39 is 35.8 Å². The van der Waals surface area contributed by atoms with Gasteiger partial charge in [0.15, 0.2) is 6.10 Å². The second kappa shape index (κ2) is 10.4. The molecule has 2 unspecified atom stereocenters. The number of ketones is 1. The summed E-state index contributed by atoms with van der Waals surface area (Å²) >= 11 is 0. The van der Waals surface area contributed by atoms with Crippen molar-refractivity contribution in [2.45, 2.75) is 57.2 Å². The van der Waals surface area contributed by atoms with Crippen LogP contribution in [0.25, 0.3) is 6.08 Å². The average molecular weight is 489 g/mol. The molecule has 1 heterocycles. The number of carbonyl (C=O) groups excluding carboxylic acids is 1. The van der Waals surface area contributed by atoms with Gasteiger partial charge >= 0.3 is 0 Å². The zero-order valence-electron chi connectivity index (χ0n) is 20.6. The number of aliphatic hydroxyl groups excluding tert-OH is 3. The fourth-order valence-corrected chi connectivity index (χ4v) is 4.31. The van der Waals surface area contributed by atoms with Crippen LogP contribution in [0.5, 0.6) is 0 Å². The Hall–Kier alpha value is -3.29. The Labute approximate surface area is 211 Å². The van der Waals surface area contributed by atoms with Crippen molar-refractivity contribution >= 4 is 11.9 Å². The van der Waals surface area contributed by atoms with Crippen LogP contribution in [0, 0.1) is 20.8 Å². The van der Waals surface area contributed by atoms with Gasteiger partial charge in [-0.15, -0.1) is 0 Å². The van der Waals surface area contributed by atoms with Crippen molar-refractivity contribution in [2.75, 3.05) is 0 Å². The topological polar surface area (TPSA) is 107 Å². The Morgan fingerprint density at radius 2 is 1.36 bits per heavy atom. The summed E-state index contributed by atoms with van der Waals surface area (Å²) in [5.74, 6) is -1.06. The van der Waals surface area contributed by atoms with E-state index in [1.54, 1.807) is 18.2 Å². The molecule has 1 aliphatic heterocycles. The summed E-state index contributed by atoms with van der Waals surface area (Å²) in [6.45, 7) is 5.80. The maximum Gasteiger partial charge on any atom is 0.224 e. The molecule has 6 nitrogen and oxygen atoms in total. The first-order valence-electron chi connectivity index (χ1n) is 12.0. The molecule has 0 bridgehead atoms. The summed E-state index contributed by atoms with van der Waals surface area (Å²) in [4.78, 5) is 13.5. The Morgan fingerprint density at radius 1 is 0.861 bits per heavy atom. The lowest BCUT2D eigenvalue weighted by Crippen LogP contribution is -2.62. The van der Waals surface area contributed by atoms with Crippen LogP contribution < -0.4 is 0 Å². The molecule has 4 N–H and O–H groups in total. The number of Topliss-reactive ketones (excluding diaryl/α,β-unsaturated/α-hetero) is 1. The summed E-state index contributed by atoms with van der Waals surface area (Å²) in [5, 5.41) is 43.7. The first kappa shape index (κ1) is 25.8. The summed E-state index contributed by atoms with van der Waals surface area (Å²) in [7, 11) is 0. The third kappa shape index (κ3) is 5.13. The van der Waals surface area contributed by atoms with Crippen molar-refractivity contribution in [3.8, 4) is 0 Å². The lowest BCUT2D eigenvalue weighted by atomic mass is 9.76. The van der Waals surface area contributed by atoms with Crippen molar-refractivity contribution in [3.05, 3.63) is 112 Å². The molecule has 4 rings (SSSR count). The zero-order valence-corrected chi connectivity index (χ0v) is 20.6. The highest BCUT2D eigenvalue weighted by atomic mass is 16.6. The van der Waals surface area contributed by atoms with Gasteiger partial charge in [0.05, 0.1) is 6.10 Å². The number of hydrogen-bond acceptors (Lipinski definition) is 6. The second-order valence-corrected chi connectivity index (χ2v) is 9.65. The molecule has 0 saturated carbocycles. The molecular formula is C30H32O6. The van der Waals surface area contributed by atoms with E-state index in [1.165, 1.54) is 0 Å². The van der Waals surface area contributed by atoms with E-state index in [2.05, 4.69) is 0 Å². The highest BCUT2D eigenvalue weighted by Crippen LogP contribution is 2.49. The normalized spacial score (nSPS) is 22.9. The van der Waals surface area contributed by atoms with Gasteiger partial charge in [-0.3, -0.25) is 4.79 Å². The molecule has 1 aliphatic rings. The molecule has 3 aromatic rings. The Balaban J connectivity index is 1.61. The van der Waals surface area contributed by atoms with E-state index in [1.807, 2.05) is 81.4 Å². The minimum Gasteiger partial charge on any atom is -0.482 e. The standard InChI is InChI=1S/C30H32O6/c1-18-4-10-21(11-5-18)16-24(31)26(32)27(33)28(34)30(35)25(17-22-12-6-19(2)7-13-22)36-29(30)23-14-8-20(3)9-15-23/h4-15,17,24,26-27,29,31-33,35H,16H2,1-3H3/t24?,26-,27-,29?,30+/m1/s1. The van der Waals surface area contributed by atoms with E-state index in [-0.39, 0.29) is 12.2 Å². The van der Waals surface area contributed by atoms with Gasteiger partial charge in [-0.1, -0.05) is 89.5 Å². The minimum atomic E-state index is -2.22. The number of rotatable bonds is 8. The van der Waals surface area contributed by atoms with Crippen LogP contribution in [-0.2, 0) is 16.0 Å². The van der Waals surface area contributed by atoms with E-state index in [0.29, 0.717) is 11.1 Å². The number of ether oxygens (including phenoxy) is 1. The van der Waals surface area contributed by atoms with Crippen LogP contribution in [-0.4, -0.2) is 50.1 Å². The SMILES string of the molecule is Cc1ccc(C=C2OC(c3ccc(C)cc3)[C@@]2(O)C(=O)[C@H](O)[C@H](O)C(O)Cc2ccc(C)cc2)cc1. The summed E-state index contributed by atoms with van der Waals surface area (Å²) in [5.41, 5.74) is 2.89. The van der Waals surface area contributed by atoms with Gasteiger partial charge < -0.3 is 25.2 Å². The second-order valence-electron chi connectivity index (χ2n) is 9.65. The van der Waals surface area contributed by atoms with Crippen LogP contribution in [0.3, 0.4) is 0 Å². The molecule has 0 aromatic heterocycles. The monoisotopic (exact) mass is 488 g/mol. The van der Waals surface area contributed by atoms with Crippen molar-refractivity contribution in [1.82, 2.24) is 0 Å². The van der Waals surface area contributed by atoms with Gasteiger partial charge in [0.1, 0.15) is 18.0 Å². The van der Waals surface area contributed by atoms with Crippen molar-refractivity contribution in [2.24, 2.45) is 0 Å². The zero-order chi connectivity index (χ0) is 26.0. The number of aryl methyl sites for hydroxylation is 3. The van der Waals surface area contributed by atoms with Crippen LogP contribution in [0.15, 0.2) is 78.6 Å². The van der Waals surface area contributed by atoms with Crippen molar-refractivity contribution in [1.29, 1.82) is 0 Å². The van der Waals surface area contributed by atoms with Gasteiger partial charge in [-0.05, 0) is 43.5 Å². The summed E-state index contributed by atoms with van der Waals surface area (Å²) in [6, 6.07) is 22.0. The predicted molar refractivity (Wildman–Crippen MR) is 137 cm³/mol. The smallest absolute Gasteiger partial charge is 0.224 e. The summed E-state index contributed by atoms with van der Waals surface area (Å²) in [6.07, 6.45) is -4.74. The Kier molecular flexibility index (Phi) is 7.43. The van der Waals surface area contributed by atoms with Gasteiger partial charge in [0, 0.05) is 6.42 Å². The lowest BCUT2D eigenvalue weighted by molar-refractivity contribution is -0.203. The molecule has 0 spiro atoms. The molecule has 0 aliphatic carbocycles. The van der Waals surface area contributed by atoms with E-state index in [0.717, 1.165) is 22.3 Å². The molecule has 1 saturated heterocycles.